The fourth-order valence-electron chi connectivity index (χ4n) is 4.21. The van der Waals surface area contributed by atoms with E-state index in [4.69, 9.17) is 0 Å². The monoisotopic (exact) mass is 352 g/mol. The van der Waals surface area contributed by atoms with Gasteiger partial charge in [0.1, 0.15) is 5.69 Å². The molecule has 2 fully saturated rings. The van der Waals surface area contributed by atoms with Crippen LogP contribution in [-0.2, 0) is 6.54 Å². The van der Waals surface area contributed by atoms with Crippen molar-refractivity contribution in [3.8, 4) is 0 Å². The molecule has 2 aliphatic heterocycles. The van der Waals surface area contributed by atoms with Gasteiger partial charge in [-0.25, -0.2) is 4.79 Å². The molecule has 1 aromatic heterocycles. The van der Waals surface area contributed by atoms with Gasteiger partial charge in [0.15, 0.2) is 5.78 Å². The molecule has 2 atom stereocenters. The maximum Gasteiger partial charge on any atom is 0.344 e. The molecule has 0 saturated carbocycles. The highest BCUT2D eigenvalue weighted by molar-refractivity contribution is 5.92. The Kier molecular flexibility index (Phi) is 4.36. The molecule has 0 N–H and O–H groups in total. The number of Topliss-reactive ketones (excluding diaryl/α,β-unsaturated/α-hetero) is 1. The van der Waals surface area contributed by atoms with Crippen LogP contribution in [0.1, 0.15) is 28.5 Å². The Labute approximate surface area is 153 Å². The summed E-state index contributed by atoms with van der Waals surface area (Å²) in [5.74, 6) is 0.917. The Hall–Kier alpha value is -2.47. The Morgan fingerprint density at radius 2 is 1.85 bits per heavy atom. The van der Waals surface area contributed by atoms with E-state index >= 15 is 0 Å². The van der Waals surface area contributed by atoms with Gasteiger partial charge < -0.3 is 4.90 Å². The maximum atomic E-state index is 12.6. The summed E-state index contributed by atoms with van der Waals surface area (Å²) in [6.45, 7) is 8.15. The van der Waals surface area contributed by atoms with Gasteiger partial charge in [-0.1, -0.05) is 29.8 Å². The zero-order chi connectivity index (χ0) is 18.3. The van der Waals surface area contributed by atoms with Gasteiger partial charge in [-0.05, 0) is 30.4 Å². The van der Waals surface area contributed by atoms with Gasteiger partial charge in [-0.2, -0.15) is 9.78 Å². The first-order valence-electron chi connectivity index (χ1n) is 9.13. The average molecular weight is 352 g/mol. The number of amides is 1. The van der Waals surface area contributed by atoms with Crippen LogP contribution in [0.2, 0.25) is 0 Å². The van der Waals surface area contributed by atoms with Crippen molar-refractivity contribution in [3.63, 3.8) is 0 Å². The van der Waals surface area contributed by atoms with Crippen molar-refractivity contribution in [2.24, 2.45) is 11.8 Å². The van der Waals surface area contributed by atoms with E-state index < -0.39 is 0 Å². The van der Waals surface area contributed by atoms with E-state index in [2.05, 4.69) is 41.2 Å². The standard InChI is InChI=1S/C20H24N4O2/c1-14-4-3-5-16(8-14)9-22-10-17-12-23(13-18(17)11-22)20(26)24-7-6-19(21-24)15(2)25/h3-8,17-18H,9-13H2,1-2H3. The Bertz CT molecular complexity index is 830. The third kappa shape index (κ3) is 3.29. The maximum absolute atomic E-state index is 12.6. The zero-order valence-corrected chi connectivity index (χ0v) is 15.3. The van der Waals surface area contributed by atoms with E-state index in [1.54, 1.807) is 12.3 Å². The van der Waals surface area contributed by atoms with Crippen molar-refractivity contribution in [2.45, 2.75) is 20.4 Å². The average Bonchev–Trinajstić information content (AvgIpc) is 3.28. The van der Waals surface area contributed by atoms with Crippen LogP contribution in [0.25, 0.3) is 0 Å². The summed E-state index contributed by atoms with van der Waals surface area (Å²) in [5.41, 5.74) is 2.98. The van der Waals surface area contributed by atoms with Crippen molar-refractivity contribution < 1.29 is 9.59 Å². The molecular weight excluding hydrogens is 328 g/mol. The van der Waals surface area contributed by atoms with Crippen LogP contribution in [-0.4, -0.2) is 57.6 Å². The minimum Gasteiger partial charge on any atom is -0.322 e. The highest BCUT2D eigenvalue weighted by Crippen LogP contribution is 2.32. The summed E-state index contributed by atoms with van der Waals surface area (Å²) in [6.07, 6.45) is 1.58. The second kappa shape index (κ2) is 6.68. The van der Waals surface area contributed by atoms with Crippen LogP contribution in [0.3, 0.4) is 0 Å². The van der Waals surface area contributed by atoms with E-state index in [1.807, 2.05) is 4.90 Å². The number of carbonyl (C=O) groups excluding carboxylic acids is 2. The molecule has 6 heteroatoms. The van der Waals surface area contributed by atoms with Crippen molar-refractivity contribution in [1.82, 2.24) is 19.6 Å². The Morgan fingerprint density at radius 1 is 1.12 bits per heavy atom. The lowest BCUT2D eigenvalue weighted by Crippen LogP contribution is -2.36. The number of likely N-dealkylation sites (tertiary alicyclic amines) is 2. The molecule has 2 unspecified atom stereocenters. The van der Waals surface area contributed by atoms with E-state index in [0.29, 0.717) is 17.5 Å². The van der Waals surface area contributed by atoms with Crippen LogP contribution in [0.5, 0.6) is 0 Å². The van der Waals surface area contributed by atoms with Crippen LogP contribution in [0, 0.1) is 18.8 Å². The number of carbonyl (C=O) groups is 2. The number of fused-ring (bicyclic) bond motifs is 1. The third-order valence-corrected chi connectivity index (χ3v) is 5.47. The van der Waals surface area contributed by atoms with Gasteiger partial charge >= 0.3 is 6.03 Å². The predicted octanol–water partition coefficient (Wildman–Crippen LogP) is 2.43. The number of aryl methyl sites for hydroxylation is 1. The normalized spacial score (nSPS) is 22.6. The molecule has 0 spiro atoms. The molecule has 1 amide bonds. The Balaban J connectivity index is 1.35. The van der Waals surface area contributed by atoms with Crippen molar-refractivity contribution >= 4 is 11.8 Å². The lowest BCUT2D eigenvalue weighted by molar-refractivity contribution is 0.101. The molecule has 0 radical (unpaired) electrons. The molecule has 3 heterocycles. The fraction of sp³-hybridized carbons (Fsp3) is 0.450. The van der Waals surface area contributed by atoms with Gasteiger partial charge in [0.2, 0.25) is 0 Å². The van der Waals surface area contributed by atoms with E-state index in [-0.39, 0.29) is 11.8 Å². The molecule has 26 heavy (non-hydrogen) atoms. The molecule has 0 bridgehead atoms. The summed E-state index contributed by atoms with van der Waals surface area (Å²) >= 11 is 0. The van der Waals surface area contributed by atoms with E-state index in [0.717, 1.165) is 32.7 Å². The minimum atomic E-state index is -0.128. The van der Waals surface area contributed by atoms with Crippen molar-refractivity contribution in [3.05, 3.63) is 53.3 Å². The molecule has 0 aliphatic carbocycles. The largest absolute Gasteiger partial charge is 0.344 e. The smallest absolute Gasteiger partial charge is 0.322 e. The number of benzene rings is 1. The van der Waals surface area contributed by atoms with Crippen LogP contribution in [0.4, 0.5) is 4.79 Å². The molecule has 136 valence electrons. The first-order valence-corrected chi connectivity index (χ1v) is 9.13. The summed E-state index contributed by atoms with van der Waals surface area (Å²) in [5, 5.41) is 4.09. The zero-order valence-electron chi connectivity index (χ0n) is 15.3. The Morgan fingerprint density at radius 3 is 2.46 bits per heavy atom. The number of aromatic nitrogens is 2. The number of hydrogen-bond donors (Lipinski definition) is 0. The lowest BCUT2D eigenvalue weighted by atomic mass is 10.0. The number of rotatable bonds is 3. The third-order valence-electron chi connectivity index (χ3n) is 5.47. The molecule has 2 aliphatic rings. The van der Waals surface area contributed by atoms with Gasteiger partial charge in [0.05, 0.1) is 0 Å². The molecule has 4 rings (SSSR count). The van der Waals surface area contributed by atoms with Crippen LogP contribution < -0.4 is 0 Å². The fourth-order valence-corrected chi connectivity index (χ4v) is 4.21. The molecule has 6 nitrogen and oxygen atoms in total. The van der Waals surface area contributed by atoms with Gasteiger partial charge in [-0.15, -0.1) is 0 Å². The van der Waals surface area contributed by atoms with Crippen LogP contribution in [0.15, 0.2) is 36.5 Å². The molecule has 1 aromatic carbocycles. The number of hydrogen-bond acceptors (Lipinski definition) is 4. The molecule has 2 saturated heterocycles. The lowest BCUT2D eigenvalue weighted by Gasteiger charge is -2.21. The van der Waals surface area contributed by atoms with E-state index in [1.165, 1.54) is 22.7 Å². The summed E-state index contributed by atoms with van der Waals surface area (Å²) in [6, 6.07) is 10.1. The number of nitrogens with zero attached hydrogens (tertiary/aromatic N) is 4. The van der Waals surface area contributed by atoms with Gasteiger partial charge in [0.25, 0.3) is 0 Å². The van der Waals surface area contributed by atoms with Crippen molar-refractivity contribution in [1.29, 1.82) is 0 Å². The quantitative estimate of drug-likeness (QED) is 0.796. The SMILES string of the molecule is CC(=O)c1ccn(C(=O)N2CC3CN(Cc4cccc(C)c4)CC3C2)n1. The highest BCUT2D eigenvalue weighted by Gasteiger charge is 2.41. The van der Waals surface area contributed by atoms with Crippen molar-refractivity contribution in [2.75, 3.05) is 26.2 Å². The van der Waals surface area contributed by atoms with Crippen LogP contribution >= 0.6 is 0 Å². The second-order valence-electron chi connectivity index (χ2n) is 7.59. The number of ketones is 1. The molecular formula is C20H24N4O2. The van der Waals surface area contributed by atoms with Gasteiger partial charge in [-0.3, -0.25) is 9.69 Å². The summed E-state index contributed by atoms with van der Waals surface area (Å²) in [4.78, 5) is 28.4. The van der Waals surface area contributed by atoms with Gasteiger partial charge in [0, 0.05) is 45.8 Å². The van der Waals surface area contributed by atoms with E-state index in [9.17, 15) is 9.59 Å². The second-order valence-corrected chi connectivity index (χ2v) is 7.59. The predicted molar refractivity (Wildman–Crippen MR) is 98.0 cm³/mol. The first kappa shape index (κ1) is 17.0. The summed E-state index contributed by atoms with van der Waals surface area (Å²) in [7, 11) is 0. The topological polar surface area (TPSA) is 58.4 Å². The highest BCUT2D eigenvalue weighted by atomic mass is 16.2. The minimum absolute atomic E-state index is 0.123. The first-order chi connectivity index (χ1) is 12.5. The molecule has 2 aromatic rings. The summed E-state index contributed by atoms with van der Waals surface area (Å²) < 4.78 is 1.29.